The van der Waals surface area contributed by atoms with E-state index in [0.29, 0.717) is 0 Å². The van der Waals surface area contributed by atoms with Crippen LogP contribution in [-0.4, -0.2) is 12.0 Å². The van der Waals surface area contributed by atoms with Crippen LogP contribution < -0.4 is 5.32 Å². The van der Waals surface area contributed by atoms with E-state index >= 15 is 0 Å². The first kappa shape index (κ1) is 13.9. The van der Waals surface area contributed by atoms with Crippen LogP contribution in [0.15, 0.2) is 12.1 Å². The molecule has 1 aromatic carbocycles. The molecule has 1 heterocycles. The summed E-state index contributed by atoms with van der Waals surface area (Å²) >= 11 is 5.81. The van der Waals surface area contributed by atoms with Crippen molar-refractivity contribution in [3.05, 3.63) is 34.2 Å². The summed E-state index contributed by atoms with van der Waals surface area (Å²) in [5, 5.41) is 2.51. The van der Waals surface area contributed by atoms with E-state index < -0.39 is 17.7 Å². The zero-order valence-electron chi connectivity index (χ0n) is 9.99. The van der Waals surface area contributed by atoms with Gasteiger partial charge in [-0.15, -0.1) is 0 Å². The van der Waals surface area contributed by atoms with Crippen LogP contribution in [0.3, 0.4) is 0 Å². The van der Waals surface area contributed by atoms with Crippen molar-refractivity contribution in [2.24, 2.45) is 0 Å². The monoisotopic (exact) mass is 292 g/mol. The number of pyridine rings is 1. The molecule has 1 aromatic heterocycles. The van der Waals surface area contributed by atoms with Crippen molar-refractivity contribution in [3.63, 3.8) is 0 Å². The molecule has 0 amide bonds. The fourth-order valence-corrected chi connectivity index (χ4v) is 2.18. The van der Waals surface area contributed by atoms with Crippen molar-refractivity contribution in [2.75, 3.05) is 12.4 Å². The van der Waals surface area contributed by atoms with Crippen LogP contribution in [0.2, 0.25) is 5.02 Å². The minimum atomic E-state index is -4.63. The second-order valence-corrected chi connectivity index (χ2v) is 4.37. The van der Waals surface area contributed by atoms with Crippen LogP contribution in [-0.2, 0) is 6.18 Å². The molecule has 19 heavy (non-hydrogen) atoms. The molecule has 2 nitrogen and oxygen atoms in total. The van der Waals surface area contributed by atoms with Gasteiger partial charge in [0.05, 0.1) is 21.6 Å². The van der Waals surface area contributed by atoms with Gasteiger partial charge < -0.3 is 5.32 Å². The number of aromatic nitrogens is 1. The lowest BCUT2D eigenvalue weighted by molar-refractivity contribution is -0.141. The molecule has 0 aliphatic rings. The van der Waals surface area contributed by atoms with Crippen molar-refractivity contribution in [2.45, 2.75) is 13.1 Å². The Balaban J connectivity index is 2.99. The van der Waals surface area contributed by atoms with Crippen LogP contribution in [0.5, 0.6) is 0 Å². The van der Waals surface area contributed by atoms with Gasteiger partial charge in [-0.1, -0.05) is 11.6 Å². The molecule has 0 radical (unpaired) electrons. The third-order valence-electron chi connectivity index (χ3n) is 2.80. The molecule has 1 N–H and O–H groups in total. The fraction of sp³-hybridized carbons (Fsp3) is 0.250. The Morgan fingerprint density at radius 2 is 1.89 bits per heavy atom. The molecule has 0 atom stereocenters. The van der Waals surface area contributed by atoms with Crippen LogP contribution in [0.4, 0.5) is 23.2 Å². The van der Waals surface area contributed by atoms with Gasteiger partial charge in [0.2, 0.25) is 0 Å². The molecule has 0 saturated heterocycles. The highest BCUT2D eigenvalue weighted by Gasteiger charge is 2.36. The van der Waals surface area contributed by atoms with Gasteiger partial charge in [-0.3, -0.25) is 0 Å². The predicted octanol–water partition coefficient (Wildman–Crippen LogP) is 4.40. The molecule has 102 valence electrons. The van der Waals surface area contributed by atoms with Gasteiger partial charge in [0, 0.05) is 12.6 Å². The molecular formula is C12H9ClF4N2. The molecule has 0 bridgehead atoms. The van der Waals surface area contributed by atoms with Gasteiger partial charge in [0.1, 0.15) is 11.5 Å². The number of nitrogens with zero attached hydrogens (tertiary/aromatic N) is 1. The molecule has 2 rings (SSSR count). The molecule has 0 spiro atoms. The highest BCUT2D eigenvalue weighted by molar-refractivity contribution is 6.35. The third kappa shape index (κ3) is 2.20. The van der Waals surface area contributed by atoms with E-state index in [-0.39, 0.29) is 27.2 Å². The topological polar surface area (TPSA) is 24.9 Å². The summed E-state index contributed by atoms with van der Waals surface area (Å²) in [7, 11) is 1.42. The summed E-state index contributed by atoms with van der Waals surface area (Å²) in [5.74, 6) is -0.673. The summed E-state index contributed by atoms with van der Waals surface area (Å²) in [6, 6.07) is 2.28. The first-order valence-electron chi connectivity index (χ1n) is 5.30. The Morgan fingerprint density at radius 1 is 1.26 bits per heavy atom. The number of anilines is 1. The molecular weight excluding hydrogens is 284 g/mol. The Morgan fingerprint density at radius 3 is 2.42 bits per heavy atom. The molecule has 0 unspecified atom stereocenters. The van der Waals surface area contributed by atoms with Crippen LogP contribution in [0.1, 0.15) is 11.3 Å². The van der Waals surface area contributed by atoms with Gasteiger partial charge in [-0.2, -0.15) is 13.2 Å². The molecule has 0 fully saturated rings. The van der Waals surface area contributed by atoms with Gasteiger partial charge >= 0.3 is 6.18 Å². The van der Waals surface area contributed by atoms with Crippen LogP contribution in [0.25, 0.3) is 10.9 Å². The molecule has 0 aliphatic heterocycles. The summed E-state index contributed by atoms with van der Waals surface area (Å²) in [6.45, 7) is 1.24. The molecule has 2 aromatic rings. The minimum absolute atomic E-state index is 0.0293. The average molecular weight is 293 g/mol. The fourth-order valence-electron chi connectivity index (χ4n) is 1.98. The second-order valence-electron chi connectivity index (χ2n) is 3.96. The minimum Gasteiger partial charge on any atom is -0.387 e. The highest BCUT2D eigenvalue weighted by Crippen LogP contribution is 2.39. The van der Waals surface area contributed by atoms with Crippen molar-refractivity contribution < 1.29 is 17.6 Å². The predicted molar refractivity (Wildman–Crippen MR) is 66.0 cm³/mol. The number of benzene rings is 1. The SMILES string of the molecule is CNc1c(C)c(C(F)(F)F)nc2c(Cl)ccc(F)c12. The zero-order valence-corrected chi connectivity index (χ0v) is 10.7. The summed E-state index contributed by atoms with van der Waals surface area (Å²) in [6.07, 6.45) is -4.63. The van der Waals surface area contributed by atoms with E-state index in [9.17, 15) is 17.6 Å². The van der Waals surface area contributed by atoms with Crippen molar-refractivity contribution >= 4 is 28.2 Å². The van der Waals surface area contributed by atoms with E-state index in [1.54, 1.807) is 0 Å². The Kier molecular flexibility index (Phi) is 3.30. The molecule has 0 aliphatic carbocycles. The maximum atomic E-state index is 13.8. The van der Waals surface area contributed by atoms with Gasteiger partial charge in [0.25, 0.3) is 0 Å². The van der Waals surface area contributed by atoms with E-state index in [2.05, 4.69) is 10.3 Å². The summed E-state index contributed by atoms with van der Waals surface area (Å²) in [5.41, 5.74) is -1.40. The number of nitrogens with one attached hydrogen (secondary N) is 1. The van der Waals surface area contributed by atoms with Gasteiger partial charge in [-0.05, 0) is 19.1 Å². The maximum absolute atomic E-state index is 13.8. The number of alkyl halides is 3. The molecule has 0 saturated carbocycles. The average Bonchev–Trinajstić information content (AvgIpc) is 2.32. The third-order valence-corrected chi connectivity index (χ3v) is 3.11. The van der Waals surface area contributed by atoms with E-state index in [1.807, 2.05) is 0 Å². The summed E-state index contributed by atoms with van der Waals surface area (Å²) in [4.78, 5) is 3.48. The Bertz CT molecular complexity index is 652. The summed E-state index contributed by atoms with van der Waals surface area (Å²) < 4.78 is 52.5. The number of rotatable bonds is 1. The number of fused-ring (bicyclic) bond motifs is 1. The quantitative estimate of drug-likeness (QED) is 0.788. The maximum Gasteiger partial charge on any atom is 0.433 e. The van der Waals surface area contributed by atoms with Gasteiger partial charge in [-0.25, -0.2) is 9.37 Å². The highest BCUT2D eigenvalue weighted by atomic mass is 35.5. The first-order valence-corrected chi connectivity index (χ1v) is 5.68. The lowest BCUT2D eigenvalue weighted by atomic mass is 10.1. The largest absolute Gasteiger partial charge is 0.433 e. The number of hydrogen-bond acceptors (Lipinski definition) is 2. The lowest BCUT2D eigenvalue weighted by Crippen LogP contribution is -2.13. The van der Waals surface area contributed by atoms with Gasteiger partial charge in [0.15, 0.2) is 0 Å². The molecule has 7 heteroatoms. The lowest BCUT2D eigenvalue weighted by Gasteiger charge is -2.16. The van der Waals surface area contributed by atoms with Crippen LogP contribution in [0, 0.1) is 12.7 Å². The Labute approximate surface area is 111 Å². The van der Waals surface area contributed by atoms with Crippen molar-refractivity contribution in [1.29, 1.82) is 0 Å². The number of halogens is 5. The van der Waals surface area contributed by atoms with E-state index in [0.717, 1.165) is 6.07 Å². The van der Waals surface area contributed by atoms with Crippen molar-refractivity contribution in [1.82, 2.24) is 4.98 Å². The number of hydrogen-bond donors (Lipinski definition) is 1. The first-order chi connectivity index (χ1) is 8.77. The Hall–Kier alpha value is -1.56. The van der Waals surface area contributed by atoms with Crippen LogP contribution >= 0.6 is 11.6 Å². The van der Waals surface area contributed by atoms with E-state index in [1.165, 1.54) is 20.0 Å². The standard InChI is InChI=1S/C12H9ClF4N2/c1-5-9(18-2)8-7(14)4-3-6(13)10(8)19-11(5)12(15,16)17/h3-4H,1-2H3,(H,18,19). The zero-order chi connectivity index (χ0) is 14.4. The smallest absolute Gasteiger partial charge is 0.387 e. The normalized spacial score (nSPS) is 11.9. The van der Waals surface area contributed by atoms with Crippen molar-refractivity contribution in [3.8, 4) is 0 Å². The van der Waals surface area contributed by atoms with E-state index in [4.69, 9.17) is 11.6 Å². The second kappa shape index (κ2) is 4.52.